The molecule has 0 aromatic carbocycles. The van der Waals surface area contributed by atoms with Crippen molar-refractivity contribution in [1.29, 1.82) is 0 Å². The van der Waals surface area contributed by atoms with Crippen molar-refractivity contribution in [2.45, 2.75) is 66.5 Å². The first-order chi connectivity index (χ1) is 9.58. The smallest absolute Gasteiger partial charge is 0.128 e. The van der Waals surface area contributed by atoms with Gasteiger partial charge in [0.15, 0.2) is 0 Å². The summed E-state index contributed by atoms with van der Waals surface area (Å²) >= 11 is 0. The van der Waals surface area contributed by atoms with Gasteiger partial charge in [-0.3, -0.25) is 0 Å². The van der Waals surface area contributed by atoms with Crippen LogP contribution in [0.2, 0.25) is 0 Å². The minimum Gasteiger partial charge on any atom is -0.359 e. The third-order valence-corrected chi connectivity index (χ3v) is 3.34. The molecule has 0 fully saturated rings. The lowest BCUT2D eigenvalue weighted by atomic mass is 10.1. The van der Waals surface area contributed by atoms with Crippen LogP contribution in [0.1, 0.15) is 65.6 Å². The molecule has 0 aliphatic carbocycles. The number of nitrogens with one attached hydrogen (secondary N) is 1. The highest BCUT2D eigenvalue weighted by molar-refractivity contribution is 5.42. The summed E-state index contributed by atoms with van der Waals surface area (Å²) < 4.78 is 0. The maximum absolute atomic E-state index is 4.83. The van der Waals surface area contributed by atoms with E-state index in [1.54, 1.807) is 0 Å². The molecule has 3 heteroatoms. The Morgan fingerprint density at radius 3 is 2.24 bits per heavy atom. The summed E-state index contributed by atoms with van der Waals surface area (Å²) in [6.45, 7) is 17.4. The van der Waals surface area contributed by atoms with E-state index in [2.05, 4.69) is 77.9 Å². The van der Waals surface area contributed by atoms with Gasteiger partial charge >= 0.3 is 0 Å². The maximum Gasteiger partial charge on any atom is 0.128 e. The predicted octanol–water partition coefficient (Wildman–Crippen LogP) is 4.19. The van der Waals surface area contributed by atoms with E-state index in [0.717, 1.165) is 18.9 Å². The van der Waals surface area contributed by atoms with E-state index >= 15 is 0 Å². The second kappa shape index (κ2) is 7.26. The summed E-state index contributed by atoms with van der Waals surface area (Å²) in [4.78, 5) is 7.09. The topological polar surface area (TPSA) is 28.2 Å². The van der Waals surface area contributed by atoms with Crippen LogP contribution < -0.4 is 10.2 Å². The van der Waals surface area contributed by atoms with Crippen molar-refractivity contribution in [3.63, 3.8) is 0 Å². The molecule has 0 spiro atoms. The summed E-state index contributed by atoms with van der Waals surface area (Å²) in [5.41, 5.74) is 2.62. The lowest BCUT2D eigenvalue weighted by molar-refractivity contribution is 0.424. The number of rotatable bonds is 6. The largest absolute Gasteiger partial charge is 0.359 e. The van der Waals surface area contributed by atoms with Gasteiger partial charge in [0.05, 0.1) is 0 Å². The van der Waals surface area contributed by atoms with Gasteiger partial charge in [-0.25, -0.2) is 4.98 Å². The van der Waals surface area contributed by atoms with Crippen molar-refractivity contribution in [2.24, 2.45) is 5.92 Å². The Morgan fingerprint density at radius 1 is 1.14 bits per heavy atom. The minimum atomic E-state index is 0.130. The standard InChI is InChI=1S/C18H33N3/c1-13(2)12-21(8)17-10-15(11-19-18(5,6)7)9-16(20-17)14(3)4/h9-10,13-14,19H,11-12H2,1-8H3. The molecule has 120 valence electrons. The van der Waals surface area contributed by atoms with Crippen LogP contribution in [-0.4, -0.2) is 24.1 Å². The molecule has 1 aromatic rings. The second-order valence-corrected chi connectivity index (χ2v) is 7.79. The fraction of sp³-hybridized carbons (Fsp3) is 0.722. The van der Waals surface area contributed by atoms with Crippen molar-refractivity contribution in [2.75, 3.05) is 18.5 Å². The normalized spacial score (nSPS) is 12.3. The summed E-state index contributed by atoms with van der Waals surface area (Å²) in [6, 6.07) is 4.45. The first-order valence-electron chi connectivity index (χ1n) is 8.05. The average molecular weight is 291 g/mol. The molecule has 0 bridgehead atoms. The molecule has 1 heterocycles. The van der Waals surface area contributed by atoms with Gasteiger partial charge in [-0.15, -0.1) is 0 Å². The molecule has 1 N–H and O–H groups in total. The number of hydrogen-bond acceptors (Lipinski definition) is 3. The van der Waals surface area contributed by atoms with Gasteiger partial charge < -0.3 is 10.2 Å². The Bertz CT molecular complexity index is 444. The van der Waals surface area contributed by atoms with E-state index < -0.39 is 0 Å². The van der Waals surface area contributed by atoms with Gasteiger partial charge in [-0.2, -0.15) is 0 Å². The van der Waals surface area contributed by atoms with Gasteiger partial charge in [0.1, 0.15) is 5.82 Å². The van der Waals surface area contributed by atoms with E-state index in [0.29, 0.717) is 11.8 Å². The van der Waals surface area contributed by atoms with Crippen molar-refractivity contribution in [3.05, 3.63) is 23.4 Å². The van der Waals surface area contributed by atoms with E-state index in [1.807, 2.05) is 0 Å². The van der Waals surface area contributed by atoms with Crippen molar-refractivity contribution >= 4 is 5.82 Å². The Hall–Kier alpha value is -1.09. The van der Waals surface area contributed by atoms with Crippen molar-refractivity contribution in [3.8, 4) is 0 Å². The van der Waals surface area contributed by atoms with E-state index in [9.17, 15) is 0 Å². The summed E-state index contributed by atoms with van der Waals surface area (Å²) in [6.07, 6.45) is 0. The highest BCUT2D eigenvalue weighted by atomic mass is 15.2. The van der Waals surface area contributed by atoms with Crippen LogP contribution in [0, 0.1) is 5.92 Å². The number of hydrogen-bond donors (Lipinski definition) is 1. The molecule has 0 unspecified atom stereocenters. The fourth-order valence-electron chi connectivity index (χ4n) is 2.20. The Kier molecular flexibility index (Phi) is 6.21. The first-order valence-corrected chi connectivity index (χ1v) is 8.05. The van der Waals surface area contributed by atoms with Crippen LogP contribution in [0.25, 0.3) is 0 Å². The minimum absolute atomic E-state index is 0.130. The van der Waals surface area contributed by atoms with E-state index in [-0.39, 0.29) is 5.54 Å². The Labute approximate surface area is 131 Å². The molecular formula is C18H33N3. The van der Waals surface area contributed by atoms with Gasteiger partial charge in [0.25, 0.3) is 0 Å². The molecule has 0 atom stereocenters. The number of aromatic nitrogens is 1. The lowest BCUT2D eigenvalue weighted by Crippen LogP contribution is -2.35. The summed E-state index contributed by atoms with van der Waals surface area (Å²) in [5, 5.41) is 3.56. The third kappa shape index (κ3) is 6.47. The third-order valence-electron chi connectivity index (χ3n) is 3.34. The monoisotopic (exact) mass is 291 g/mol. The van der Waals surface area contributed by atoms with Crippen molar-refractivity contribution < 1.29 is 0 Å². The molecule has 21 heavy (non-hydrogen) atoms. The quantitative estimate of drug-likeness (QED) is 0.852. The van der Waals surface area contributed by atoms with Crippen LogP contribution in [-0.2, 0) is 6.54 Å². The summed E-state index contributed by atoms with van der Waals surface area (Å²) in [5.74, 6) is 2.17. The molecule has 0 amide bonds. The fourth-order valence-corrected chi connectivity index (χ4v) is 2.20. The lowest BCUT2D eigenvalue weighted by Gasteiger charge is -2.24. The van der Waals surface area contributed by atoms with E-state index in [4.69, 9.17) is 4.98 Å². The predicted molar refractivity (Wildman–Crippen MR) is 93.0 cm³/mol. The van der Waals surface area contributed by atoms with Crippen LogP contribution >= 0.6 is 0 Å². The summed E-state index contributed by atoms with van der Waals surface area (Å²) in [7, 11) is 2.13. The van der Waals surface area contributed by atoms with Gasteiger partial charge in [-0.1, -0.05) is 27.7 Å². The number of anilines is 1. The Balaban J connectivity index is 3.00. The first kappa shape index (κ1) is 18.0. The average Bonchev–Trinajstić information content (AvgIpc) is 2.34. The molecule has 1 rings (SSSR count). The second-order valence-electron chi connectivity index (χ2n) is 7.79. The SMILES string of the molecule is CC(C)CN(C)c1cc(CNC(C)(C)C)cc(C(C)C)n1. The molecule has 0 radical (unpaired) electrons. The zero-order valence-electron chi connectivity index (χ0n) is 15.1. The van der Waals surface area contributed by atoms with Crippen LogP contribution in [0.15, 0.2) is 12.1 Å². The van der Waals surface area contributed by atoms with Gasteiger partial charge in [0, 0.05) is 31.4 Å². The molecule has 0 saturated carbocycles. The molecule has 3 nitrogen and oxygen atoms in total. The van der Waals surface area contributed by atoms with Crippen LogP contribution in [0.3, 0.4) is 0 Å². The highest BCUT2D eigenvalue weighted by Gasteiger charge is 2.13. The Morgan fingerprint density at radius 2 is 1.76 bits per heavy atom. The van der Waals surface area contributed by atoms with Crippen LogP contribution in [0.5, 0.6) is 0 Å². The number of nitrogens with zero attached hydrogens (tertiary/aromatic N) is 2. The molecule has 1 aromatic heterocycles. The highest BCUT2D eigenvalue weighted by Crippen LogP contribution is 2.20. The zero-order valence-corrected chi connectivity index (χ0v) is 15.1. The molecule has 0 saturated heterocycles. The molecular weight excluding hydrogens is 258 g/mol. The molecule has 0 aliphatic rings. The van der Waals surface area contributed by atoms with E-state index in [1.165, 1.54) is 11.3 Å². The van der Waals surface area contributed by atoms with Gasteiger partial charge in [0.2, 0.25) is 0 Å². The number of pyridine rings is 1. The van der Waals surface area contributed by atoms with Gasteiger partial charge in [-0.05, 0) is 50.3 Å². The van der Waals surface area contributed by atoms with Crippen LogP contribution in [0.4, 0.5) is 5.82 Å². The molecule has 0 aliphatic heterocycles. The maximum atomic E-state index is 4.83. The van der Waals surface area contributed by atoms with Crippen molar-refractivity contribution in [1.82, 2.24) is 10.3 Å². The zero-order chi connectivity index (χ0) is 16.2.